The van der Waals surface area contributed by atoms with Gasteiger partial charge < -0.3 is 31.3 Å². The molecule has 0 bridgehead atoms. The van der Waals surface area contributed by atoms with Gasteiger partial charge >= 0.3 is 0 Å². The molecule has 1 saturated carbocycles. The van der Waals surface area contributed by atoms with Crippen molar-refractivity contribution in [1.29, 1.82) is 0 Å². The molecule has 1 aliphatic carbocycles. The fourth-order valence-electron chi connectivity index (χ4n) is 5.68. The van der Waals surface area contributed by atoms with E-state index in [1.165, 1.54) is 0 Å². The first kappa shape index (κ1) is 26.6. The lowest BCUT2D eigenvalue weighted by atomic mass is 9.81. The summed E-state index contributed by atoms with van der Waals surface area (Å²) >= 11 is 1.59. The molecule has 0 spiro atoms. The topological polar surface area (TPSA) is 126 Å². The van der Waals surface area contributed by atoms with Crippen LogP contribution in [0.2, 0.25) is 0 Å². The Morgan fingerprint density at radius 2 is 1.89 bits per heavy atom. The van der Waals surface area contributed by atoms with Gasteiger partial charge in [0, 0.05) is 24.0 Å². The number of piperazine rings is 1. The number of carbonyl (C=O) groups is 2. The van der Waals surface area contributed by atoms with Crippen molar-refractivity contribution < 1.29 is 14.3 Å². The molecule has 5 N–H and O–H groups in total. The van der Waals surface area contributed by atoms with Crippen LogP contribution in [-0.4, -0.2) is 71.4 Å². The molecule has 0 radical (unpaired) electrons. The number of benzene rings is 1. The van der Waals surface area contributed by atoms with Crippen LogP contribution in [0.4, 0.5) is 0 Å². The second kappa shape index (κ2) is 11.8. The molecule has 1 saturated heterocycles. The van der Waals surface area contributed by atoms with Crippen molar-refractivity contribution in [1.82, 2.24) is 15.1 Å². The first-order chi connectivity index (χ1) is 18.4. The molecule has 2 amide bonds. The molecule has 10 heteroatoms. The van der Waals surface area contributed by atoms with Gasteiger partial charge in [-0.3, -0.25) is 9.59 Å². The lowest BCUT2D eigenvalue weighted by Crippen LogP contribution is -2.64. The summed E-state index contributed by atoms with van der Waals surface area (Å²) in [4.78, 5) is 36.7. The second-order valence-electron chi connectivity index (χ2n) is 10.6. The summed E-state index contributed by atoms with van der Waals surface area (Å²) < 4.78 is 6.30. The van der Waals surface area contributed by atoms with Crippen LogP contribution in [0.1, 0.15) is 49.2 Å². The van der Waals surface area contributed by atoms with Crippen LogP contribution in [0.3, 0.4) is 0 Å². The summed E-state index contributed by atoms with van der Waals surface area (Å²) in [6.45, 7) is 3.66. The highest BCUT2D eigenvalue weighted by Gasteiger charge is 2.42. The number of rotatable bonds is 6. The second-order valence-corrected chi connectivity index (χ2v) is 11.6. The zero-order chi connectivity index (χ0) is 26.6. The molecule has 1 aromatic heterocycles. The van der Waals surface area contributed by atoms with Gasteiger partial charge in [0.25, 0.3) is 6.02 Å². The number of nitrogens with zero attached hydrogens (tertiary/aromatic N) is 3. The monoisotopic (exact) mass is 538 g/mol. The van der Waals surface area contributed by atoms with Gasteiger partial charge in [-0.25, -0.2) is 4.99 Å². The molecule has 1 aromatic carbocycles. The molecule has 3 aliphatic rings. The first-order valence-electron chi connectivity index (χ1n) is 13.6. The van der Waals surface area contributed by atoms with Crippen molar-refractivity contribution in [2.24, 2.45) is 22.4 Å². The fourth-order valence-corrected chi connectivity index (χ4v) is 6.32. The van der Waals surface area contributed by atoms with Gasteiger partial charge in [-0.2, -0.15) is 0 Å². The van der Waals surface area contributed by atoms with Gasteiger partial charge in [-0.05, 0) is 55.5 Å². The highest BCUT2D eigenvalue weighted by atomic mass is 32.1. The molecule has 9 nitrogen and oxygen atoms in total. The van der Waals surface area contributed by atoms with E-state index in [9.17, 15) is 9.59 Å². The summed E-state index contributed by atoms with van der Waals surface area (Å²) in [6, 6.07) is 13.3. The van der Waals surface area contributed by atoms with Gasteiger partial charge in [0.1, 0.15) is 12.1 Å². The maximum absolute atomic E-state index is 13.7. The molecular formula is C28H38N6O3S. The molecule has 2 fully saturated rings. The number of amides is 2. The van der Waals surface area contributed by atoms with E-state index >= 15 is 0 Å². The first-order valence-corrected chi connectivity index (χ1v) is 14.4. The number of aliphatic imine (C=N–C) groups is 1. The number of ether oxygens (including phenoxy) is 1. The van der Waals surface area contributed by atoms with Crippen molar-refractivity contribution in [3.8, 4) is 0 Å². The van der Waals surface area contributed by atoms with E-state index in [-0.39, 0.29) is 35.9 Å². The third-order valence-electron chi connectivity index (χ3n) is 7.98. The normalized spacial score (nSPS) is 28.4. The number of amidine groups is 1. The Kier molecular flexibility index (Phi) is 8.30. The van der Waals surface area contributed by atoms with E-state index in [1.54, 1.807) is 16.2 Å². The van der Waals surface area contributed by atoms with Crippen LogP contribution < -0.4 is 16.8 Å². The van der Waals surface area contributed by atoms with E-state index in [0.717, 1.165) is 36.1 Å². The van der Waals surface area contributed by atoms with Crippen LogP contribution in [0, 0.1) is 5.92 Å². The standard InChI is InChI=1S/C28H38N6O3S/c1-18-25(20-6-3-2-4-7-20)37-28(32-18)33-13-14-34(27(36)24(30)19-9-11-21(29)12-10-19)23(17-33)26(35)31-16-22-8-5-15-38-22/h2-8,15,18-19,21,23-25H,9-14,16-17,29-30H2,1H3,(H,31,35)/t18-,19?,21?,23-,24+,25?/m0/s1. The Morgan fingerprint density at radius 3 is 2.61 bits per heavy atom. The number of hydrogen-bond acceptors (Lipinski definition) is 8. The van der Waals surface area contributed by atoms with Crippen LogP contribution in [0.25, 0.3) is 0 Å². The average Bonchev–Trinajstić information content (AvgIpc) is 3.61. The van der Waals surface area contributed by atoms with Crippen molar-refractivity contribution in [3.05, 3.63) is 58.3 Å². The predicted molar refractivity (Wildman–Crippen MR) is 148 cm³/mol. The minimum Gasteiger partial charge on any atom is -0.455 e. The highest BCUT2D eigenvalue weighted by molar-refractivity contribution is 7.09. The number of hydrogen-bond donors (Lipinski definition) is 3. The van der Waals surface area contributed by atoms with Crippen LogP contribution in [0.15, 0.2) is 52.8 Å². The smallest absolute Gasteiger partial charge is 0.288 e. The molecule has 3 heterocycles. The van der Waals surface area contributed by atoms with Crippen LogP contribution in [-0.2, 0) is 20.9 Å². The zero-order valence-electron chi connectivity index (χ0n) is 21.9. The summed E-state index contributed by atoms with van der Waals surface area (Å²) in [5.74, 6) is -0.267. The van der Waals surface area contributed by atoms with Crippen molar-refractivity contribution in [2.45, 2.75) is 69.4 Å². The molecule has 1 unspecified atom stereocenters. The summed E-state index contributed by atoms with van der Waals surface area (Å²) in [7, 11) is 0. The van der Waals surface area contributed by atoms with Crippen LogP contribution in [0.5, 0.6) is 0 Å². The van der Waals surface area contributed by atoms with Gasteiger partial charge in [-0.15, -0.1) is 11.3 Å². The number of nitrogens with one attached hydrogen (secondary N) is 1. The third-order valence-corrected chi connectivity index (χ3v) is 8.85. The highest BCUT2D eigenvalue weighted by Crippen LogP contribution is 2.31. The molecule has 5 rings (SSSR count). The van der Waals surface area contributed by atoms with E-state index in [0.29, 0.717) is 32.2 Å². The summed E-state index contributed by atoms with van der Waals surface area (Å²) in [6.07, 6.45) is 3.26. The van der Waals surface area contributed by atoms with Crippen molar-refractivity contribution >= 4 is 29.2 Å². The number of thiophene rings is 1. The lowest BCUT2D eigenvalue weighted by molar-refractivity contribution is -0.145. The van der Waals surface area contributed by atoms with Gasteiger partial charge in [0.15, 0.2) is 0 Å². The SMILES string of the molecule is C[C@@H]1N=C(N2CCN(C(=O)[C@H](N)C3CCC(N)CC3)[C@H](C(=O)NCc3cccs3)C2)OC1c1ccccc1. The predicted octanol–water partition coefficient (Wildman–Crippen LogP) is 2.24. The maximum Gasteiger partial charge on any atom is 0.288 e. The molecule has 2 aliphatic heterocycles. The van der Waals surface area contributed by atoms with Gasteiger partial charge in [0.2, 0.25) is 11.8 Å². The Balaban J connectivity index is 1.30. The van der Waals surface area contributed by atoms with Crippen molar-refractivity contribution in [3.63, 3.8) is 0 Å². The zero-order valence-corrected chi connectivity index (χ0v) is 22.7. The molecule has 38 heavy (non-hydrogen) atoms. The number of carbonyl (C=O) groups excluding carboxylic acids is 2. The van der Waals surface area contributed by atoms with E-state index in [1.807, 2.05) is 59.7 Å². The molecule has 204 valence electrons. The average molecular weight is 539 g/mol. The summed E-state index contributed by atoms with van der Waals surface area (Å²) in [5, 5.41) is 5.01. The minimum absolute atomic E-state index is 0.0516. The molecule has 2 aromatic rings. The maximum atomic E-state index is 13.7. The lowest BCUT2D eigenvalue weighted by Gasteiger charge is -2.42. The fraction of sp³-hybridized carbons (Fsp3) is 0.536. The summed E-state index contributed by atoms with van der Waals surface area (Å²) in [5.41, 5.74) is 13.6. The van der Waals surface area contributed by atoms with Gasteiger partial charge in [-0.1, -0.05) is 36.4 Å². The Labute approximate surface area is 228 Å². The van der Waals surface area contributed by atoms with Crippen LogP contribution >= 0.6 is 11.3 Å². The minimum atomic E-state index is -0.689. The van der Waals surface area contributed by atoms with E-state index in [2.05, 4.69) is 5.32 Å². The largest absolute Gasteiger partial charge is 0.455 e. The number of nitrogens with two attached hydrogens (primary N) is 2. The Bertz CT molecular complexity index is 1120. The molecular weight excluding hydrogens is 500 g/mol. The van der Waals surface area contributed by atoms with Crippen molar-refractivity contribution in [2.75, 3.05) is 19.6 Å². The van der Waals surface area contributed by atoms with Gasteiger partial charge in [0.05, 0.1) is 25.2 Å². The quantitative estimate of drug-likeness (QED) is 0.518. The Hall–Kier alpha value is -2.95. The Morgan fingerprint density at radius 1 is 1.13 bits per heavy atom. The third kappa shape index (κ3) is 5.87. The molecule has 4 atom stereocenters. The van der Waals surface area contributed by atoms with E-state index in [4.69, 9.17) is 21.2 Å². The van der Waals surface area contributed by atoms with E-state index < -0.39 is 12.1 Å².